The average Bonchev–Trinajstić information content (AvgIpc) is 2.88. The largest absolute Gasteiger partial charge is 0.472 e. The third-order valence-electron chi connectivity index (χ3n) is 7.37. The van der Waals surface area contributed by atoms with Crippen LogP contribution < -0.4 is 42.7 Å². The zero-order valence-electron chi connectivity index (χ0n) is 22.0. The molecule has 0 unspecified atom stereocenters. The van der Waals surface area contributed by atoms with Crippen molar-refractivity contribution in [2.75, 3.05) is 38.1 Å². The third-order valence-corrected chi connectivity index (χ3v) is 8.38. The van der Waals surface area contributed by atoms with E-state index in [1.54, 1.807) is 12.1 Å². The number of carbonyl (C=O) groups excluding carboxylic acids is 1. The highest BCUT2D eigenvalue weighted by Gasteiger charge is 2.20. The lowest BCUT2D eigenvalue weighted by Crippen LogP contribution is -2.56. The molecule has 1 amide bonds. The topological polar surface area (TPSA) is 84.6 Å². The number of piperazine rings is 1. The number of carbonyl (C=O) groups is 1. The van der Waals surface area contributed by atoms with Crippen LogP contribution in [0.25, 0.3) is 0 Å². The summed E-state index contributed by atoms with van der Waals surface area (Å²) >= 11 is 1.51. The Kier molecular flexibility index (Phi) is 8.10. The lowest BCUT2D eigenvalue weighted by Gasteiger charge is -2.32. The van der Waals surface area contributed by atoms with Gasteiger partial charge in [0.1, 0.15) is 45.8 Å². The number of hydrogen-bond donors (Lipinski definition) is 1. The maximum atomic E-state index is 11.4. The van der Waals surface area contributed by atoms with E-state index in [1.165, 1.54) is 44.6 Å². The van der Waals surface area contributed by atoms with Gasteiger partial charge in [-0.25, -0.2) is 4.98 Å². The Hall–Kier alpha value is -2.78. The van der Waals surface area contributed by atoms with Crippen LogP contribution in [0.5, 0.6) is 5.88 Å². The van der Waals surface area contributed by atoms with Crippen molar-refractivity contribution < 1.29 is 9.53 Å². The van der Waals surface area contributed by atoms with Crippen LogP contribution in [0.15, 0.2) is 40.3 Å². The van der Waals surface area contributed by atoms with Gasteiger partial charge in [0.05, 0.1) is 11.1 Å². The summed E-state index contributed by atoms with van der Waals surface area (Å²) < 4.78 is 6.44. The van der Waals surface area contributed by atoms with Crippen molar-refractivity contribution in [3.8, 4) is 5.88 Å². The van der Waals surface area contributed by atoms with E-state index >= 15 is 0 Å². The van der Waals surface area contributed by atoms with E-state index < -0.39 is 5.91 Å². The smallest absolute Gasteiger partial charge is 0.248 e. The number of nitrogens with two attached hydrogens (primary N) is 1. The molecule has 2 aromatic carbocycles. The van der Waals surface area contributed by atoms with Crippen LogP contribution in [0, 0.1) is 0 Å². The molecule has 13 heteroatoms. The fraction of sp³-hybridized carbons (Fsp3) is 0.261. The molecule has 0 atom stereocenters. The molecular formula is C23H30B5N5O2S. The quantitative estimate of drug-likeness (QED) is 0.328. The van der Waals surface area contributed by atoms with Gasteiger partial charge in [-0.05, 0) is 36.9 Å². The van der Waals surface area contributed by atoms with E-state index in [9.17, 15) is 4.79 Å². The molecule has 4 rings (SSSR count). The molecule has 0 radical (unpaired) electrons. The van der Waals surface area contributed by atoms with E-state index in [1.807, 2.05) is 18.3 Å². The third kappa shape index (κ3) is 5.62. The van der Waals surface area contributed by atoms with Crippen LogP contribution in [0.1, 0.15) is 15.9 Å². The molecule has 36 heavy (non-hydrogen) atoms. The summed E-state index contributed by atoms with van der Waals surface area (Å²) in [5.74, 6) is 0.818. The predicted octanol–water partition coefficient (Wildman–Crippen LogP) is -5.65. The van der Waals surface area contributed by atoms with Gasteiger partial charge < -0.3 is 20.3 Å². The van der Waals surface area contributed by atoms with Crippen molar-refractivity contribution in [3.05, 3.63) is 41.6 Å². The monoisotopic (exact) mass is 495 g/mol. The number of rotatable bonds is 7. The normalized spacial score (nSPS) is 14.1. The van der Waals surface area contributed by atoms with Crippen molar-refractivity contribution in [3.63, 3.8) is 0 Å². The SMILES string of the molecule is Bc1c(B)c(B)c(COc2nc(N3CCN(C)CC3)ncc2Sc2ccc(C(N)=O)cc2)c(B)c1B. The van der Waals surface area contributed by atoms with Crippen LogP contribution in [-0.4, -0.2) is 93.2 Å². The first-order valence-electron chi connectivity index (χ1n) is 12.2. The molecule has 180 valence electrons. The van der Waals surface area contributed by atoms with Crippen molar-refractivity contribution >= 4 is 90.2 Å². The van der Waals surface area contributed by atoms with Gasteiger partial charge in [0, 0.05) is 36.6 Å². The Balaban J connectivity index is 1.65. The molecule has 0 bridgehead atoms. The van der Waals surface area contributed by atoms with Gasteiger partial charge in [0.15, 0.2) is 0 Å². The zero-order valence-corrected chi connectivity index (χ0v) is 22.8. The number of likely N-dealkylation sites (N-methyl/N-ethyl adjacent to an activating group) is 1. The molecule has 2 N–H and O–H groups in total. The average molecular weight is 495 g/mol. The summed E-state index contributed by atoms with van der Waals surface area (Å²) in [5, 5.41) is 0. The van der Waals surface area contributed by atoms with E-state index in [-0.39, 0.29) is 0 Å². The fourth-order valence-electron chi connectivity index (χ4n) is 4.43. The number of hydrogen-bond acceptors (Lipinski definition) is 7. The molecule has 0 aliphatic carbocycles. The van der Waals surface area contributed by atoms with Gasteiger partial charge in [0.25, 0.3) is 0 Å². The molecule has 7 nitrogen and oxygen atoms in total. The minimum atomic E-state index is -0.440. The van der Waals surface area contributed by atoms with Gasteiger partial charge in [-0.1, -0.05) is 22.7 Å². The van der Waals surface area contributed by atoms with Gasteiger partial charge >= 0.3 is 0 Å². The minimum Gasteiger partial charge on any atom is -0.472 e. The first-order chi connectivity index (χ1) is 17.2. The van der Waals surface area contributed by atoms with E-state index in [0.717, 1.165) is 36.0 Å². The molecule has 1 saturated heterocycles. The van der Waals surface area contributed by atoms with E-state index in [4.69, 9.17) is 15.5 Å². The Labute approximate surface area is 222 Å². The Morgan fingerprint density at radius 2 is 1.56 bits per heavy atom. The number of ether oxygens (including phenoxy) is 1. The first kappa shape index (κ1) is 26.3. The highest BCUT2D eigenvalue weighted by molar-refractivity contribution is 7.99. The van der Waals surface area contributed by atoms with Crippen molar-refractivity contribution in [1.82, 2.24) is 14.9 Å². The Morgan fingerprint density at radius 3 is 2.14 bits per heavy atom. The first-order valence-corrected chi connectivity index (χ1v) is 13.0. The van der Waals surface area contributed by atoms with Crippen LogP contribution >= 0.6 is 11.8 Å². The number of anilines is 1. The maximum Gasteiger partial charge on any atom is 0.248 e. The molecular weight excluding hydrogens is 464 g/mol. The molecule has 0 spiro atoms. The number of benzene rings is 2. The van der Waals surface area contributed by atoms with Crippen molar-refractivity contribution in [2.24, 2.45) is 5.73 Å². The molecule has 3 aromatic rings. The Morgan fingerprint density at radius 1 is 0.972 bits per heavy atom. The Bertz CT molecular complexity index is 1260. The van der Waals surface area contributed by atoms with Crippen molar-refractivity contribution in [2.45, 2.75) is 16.4 Å². The van der Waals surface area contributed by atoms with E-state index in [2.05, 4.69) is 61.1 Å². The zero-order chi connectivity index (χ0) is 26.0. The second-order valence-corrected chi connectivity index (χ2v) is 10.6. The number of amides is 1. The molecule has 0 saturated carbocycles. The van der Waals surface area contributed by atoms with Crippen molar-refractivity contribution in [1.29, 1.82) is 0 Å². The summed E-state index contributed by atoms with van der Waals surface area (Å²) in [4.78, 5) is 27.3. The second kappa shape index (κ2) is 11.1. The van der Waals surface area contributed by atoms with Gasteiger partial charge in [-0.2, -0.15) is 4.98 Å². The second-order valence-electron chi connectivity index (χ2n) is 9.51. The molecule has 2 heterocycles. The number of nitrogens with zero attached hydrogens (tertiary/aromatic N) is 4. The summed E-state index contributed by atoms with van der Waals surface area (Å²) in [6, 6.07) is 7.22. The summed E-state index contributed by atoms with van der Waals surface area (Å²) in [6.07, 6.45) is 1.84. The van der Waals surface area contributed by atoms with Crippen LogP contribution in [0.3, 0.4) is 0 Å². The highest BCUT2D eigenvalue weighted by Crippen LogP contribution is 2.34. The van der Waals surface area contributed by atoms with Crippen LogP contribution in [-0.2, 0) is 6.61 Å². The number of primary amides is 1. The fourth-order valence-corrected chi connectivity index (χ4v) is 5.25. The lowest BCUT2D eigenvalue weighted by atomic mass is 9.60. The minimum absolute atomic E-state index is 0.437. The summed E-state index contributed by atoms with van der Waals surface area (Å²) in [5.41, 5.74) is 13.6. The molecule has 1 fully saturated rings. The molecule has 1 aliphatic rings. The molecule has 1 aliphatic heterocycles. The van der Waals surface area contributed by atoms with Gasteiger partial charge in [-0.15, -0.1) is 16.4 Å². The highest BCUT2D eigenvalue weighted by atomic mass is 32.2. The number of aromatic nitrogens is 2. The van der Waals surface area contributed by atoms with E-state index in [0.29, 0.717) is 24.0 Å². The molecule has 1 aromatic heterocycles. The van der Waals surface area contributed by atoms with Gasteiger partial charge in [-0.3, -0.25) is 4.79 Å². The predicted molar refractivity (Wildman–Crippen MR) is 162 cm³/mol. The summed E-state index contributed by atoms with van der Waals surface area (Å²) in [6.45, 7) is 4.15. The van der Waals surface area contributed by atoms with Crippen LogP contribution in [0.4, 0.5) is 5.95 Å². The van der Waals surface area contributed by atoms with Gasteiger partial charge in [0.2, 0.25) is 17.7 Å². The van der Waals surface area contributed by atoms with Crippen LogP contribution in [0.2, 0.25) is 0 Å². The maximum absolute atomic E-state index is 11.4. The standard InChI is InChI=1S/C23H30B5N5O2S/c1-32-6-8-33(9-7-32)23-30-10-15(36-13-4-2-12(3-5-13)21(29)34)22(31-23)35-11-14-16(24)18(26)20(28)19(27)17(14)25/h2-5,10H,6-9,11,24-28H2,1H3,(H2,29,34). The lowest BCUT2D eigenvalue weighted by molar-refractivity contribution is 0.1000. The summed E-state index contributed by atoms with van der Waals surface area (Å²) in [7, 11) is 13.0.